The fourth-order valence-corrected chi connectivity index (χ4v) is 6.13. The van der Waals surface area contributed by atoms with Crippen LogP contribution in [0, 0.1) is 0 Å². The molecule has 9 heteroatoms. The number of fused-ring (bicyclic) bond motifs is 2. The monoisotopic (exact) mass is 489 g/mol. The second kappa shape index (κ2) is 9.29. The van der Waals surface area contributed by atoms with Crippen LogP contribution in [0.3, 0.4) is 0 Å². The van der Waals surface area contributed by atoms with E-state index in [1.54, 1.807) is 13.8 Å². The number of ether oxygens (including phenoxy) is 1. The van der Waals surface area contributed by atoms with Gasteiger partial charge in [0.25, 0.3) is 0 Å². The Bertz CT molecular complexity index is 1390. The van der Waals surface area contributed by atoms with E-state index < -0.39 is 21.6 Å². The molecule has 1 heterocycles. The van der Waals surface area contributed by atoms with Gasteiger partial charge in [-0.15, -0.1) is 0 Å². The lowest BCUT2D eigenvalue weighted by Gasteiger charge is -2.19. The SMILES string of the molecule is CCN(CC)S(=O)(=O)c1cc(C(=O)OCc2cc(=O)oc3cc4c(cc23)CCC4)ccc1Cl. The number of rotatable bonds is 7. The van der Waals surface area contributed by atoms with Crippen molar-refractivity contribution in [3.63, 3.8) is 0 Å². The van der Waals surface area contributed by atoms with E-state index in [0.717, 1.165) is 24.6 Å². The van der Waals surface area contributed by atoms with Crippen molar-refractivity contribution in [1.29, 1.82) is 0 Å². The molecule has 0 atom stereocenters. The van der Waals surface area contributed by atoms with Crippen LogP contribution in [0.5, 0.6) is 0 Å². The predicted octanol–water partition coefficient (Wildman–Crippen LogP) is 4.32. The Morgan fingerprint density at radius 1 is 1.09 bits per heavy atom. The summed E-state index contributed by atoms with van der Waals surface area (Å²) in [6.07, 6.45) is 2.96. The van der Waals surface area contributed by atoms with Crippen molar-refractivity contribution in [2.24, 2.45) is 0 Å². The number of hydrogen-bond acceptors (Lipinski definition) is 6. The fourth-order valence-electron chi connectivity index (χ4n) is 4.17. The molecule has 0 fully saturated rings. The fraction of sp³-hybridized carbons (Fsp3) is 0.333. The standard InChI is InChI=1S/C24H24ClNO6S/c1-3-26(4-2)33(29,30)22-12-17(8-9-20(22)25)24(28)31-14-18-13-23(27)32-21-11-16-7-5-6-15(16)10-19(18)21/h8-13H,3-7,14H2,1-2H3. The zero-order valence-electron chi connectivity index (χ0n) is 18.4. The van der Waals surface area contributed by atoms with Gasteiger partial charge in [-0.2, -0.15) is 4.31 Å². The minimum atomic E-state index is -3.86. The van der Waals surface area contributed by atoms with Gasteiger partial charge >= 0.3 is 11.6 Å². The lowest BCUT2D eigenvalue weighted by atomic mass is 10.0. The third-order valence-corrected chi connectivity index (χ3v) is 8.42. The lowest BCUT2D eigenvalue weighted by Crippen LogP contribution is -2.31. The number of esters is 1. The zero-order chi connectivity index (χ0) is 23.8. The predicted molar refractivity (Wildman–Crippen MR) is 125 cm³/mol. The van der Waals surface area contributed by atoms with Crippen LogP contribution in [-0.4, -0.2) is 31.8 Å². The first-order valence-electron chi connectivity index (χ1n) is 10.8. The molecule has 0 unspecified atom stereocenters. The summed E-state index contributed by atoms with van der Waals surface area (Å²) < 4.78 is 37.8. The van der Waals surface area contributed by atoms with Crippen LogP contribution in [0.4, 0.5) is 0 Å². The first kappa shape index (κ1) is 23.5. The summed E-state index contributed by atoms with van der Waals surface area (Å²) >= 11 is 6.14. The highest BCUT2D eigenvalue weighted by Crippen LogP contribution is 2.29. The van der Waals surface area contributed by atoms with Crippen LogP contribution >= 0.6 is 11.6 Å². The molecule has 0 aliphatic heterocycles. The Kier molecular flexibility index (Phi) is 6.61. The van der Waals surface area contributed by atoms with Gasteiger partial charge in [-0.1, -0.05) is 25.4 Å². The summed E-state index contributed by atoms with van der Waals surface area (Å²) in [4.78, 5) is 24.6. The van der Waals surface area contributed by atoms with Gasteiger partial charge in [0.15, 0.2) is 0 Å². The van der Waals surface area contributed by atoms with Crippen molar-refractivity contribution < 1.29 is 22.4 Å². The molecule has 0 saturated heterocycles. The Morgan fingerprint density at radius 3 is 2.48 bits per heavy atom. The van der Waals surface area contributed by atoms with Gasteiger partial charge in [-0.25, -0.2) is 18.0 Å². The minimum absolute atomic E-state index is 0.0268. The Labute approximate surface area is 197 Å². The molecule has 0 saturated carbocycles. The number of benzene rings is 2. The van der Waals surface area contributed by atoms with Gasteiger partial charge in [-0.3, -0.25) is 0 Å². The number of hydrogen-bond donors (Lipinski definition) is 0. The summed E-state index contributed by atoms with van der Waals surface area (Å²) in [6.45, 7) is 3.85. The normalized spacial score (nSPS) is 13.5. The third-order valence-electron chi connectivity index (χ3n) is 5.89. The largest absolute Gasteiger partial charge is 0.457 e. The van der Waals surface area contributed by atoms with Crippen LogP contribution in [0.2, 0.25) is 5.02 Å². The van der Waals surface area contributed by atoms with Crippen molar-refractivity contribution in [3.8, 4) is 0 Å². The average molecular weight is 490 g/mol. The molecule has 1 aliphatic rings. The molecular weight excluding hydrogens is 466 g/mol. The van der Waals surface area contributed by atoms with Crippen LogP contribution in [-0.2, 0) is 34.2 Å². The van der Waals surface area contributed by atoms with Crippen molar-refractivity contribution in [2.45, 2.75) is 44.6 Å². The summed E-state index contributed by atoms with van der Waals surface area (Å²) in [5, 5.41) is 0.753. The Balaban J connectivity index is 1.61. The summed E-state index contributed by atoms with van der Waals surface area (Å²) in [6, 6.07) is 9.19. The first-order valence-corrected chi connectivity index (χ1v) is 12.6. The molecule has 0 spiro atoms. The maximum absolute atomic E-state index is 12.9. The molecule has 174 valence electrons. The van der Waals surface area contributed by atoms with E-state index in [2.05, 4.69) is 0 Å². The van der Waals surface area contributed by atoms with Crippen molar-refractivity contribution >= 4 is 38.6 Å². The minimum Gasteiger partial charge on any atom is -0.457 e. The van der Waals surface area contributed by atoms with E-state index in [4.69, 9.17) is 20.8 Å². The number of carbonyl (C=O) groups excluding carboxylic acids is 1. The number of aryl methyl sites for hydroxylation is 2. The molecule has 0 radical (unpaired) electrons. The van der Waals surface area contributed by atoms with Gasteiger partial charge in [0.2, 0.25) is 10.0 Å². The van der Waals surface area contributed by atoms with E-state index in [1.807, 2.05) is 12.1 Å². The van der Waals surface area contributed by atoms with Crippen molar-refractivity contribution in [3.05, 3.63) is 74.1 Å². The average Bonchev–Trinajstić information content (AvgIpc) is 3.24. The highest BCUT2D eigenvalue weighted by molar-refractivity contribution is 7.89. The maximum Gasteiger partial charge on any atom is 0.338 e. The summed E-state index contributed by atoms with van der Waals surface area (Å²) in [7, 11) is -3.86. The van der Waals surface area contributed by atoms with Gasteiger partial charge in [0, 0.05) is 30.1 Å². The van der Waals surface area contributed by atoms with Crippen LogP contribution in [0.1, 0.15) is 47.3 Å². The van der Waals surface area contributed by atoms with Gasteiger partial charge in [0.05, 0.1) is 10.6 Å². The maximum atomic E-state index is 12.9. The Morgan fingerprint density at radius 2 is 1.79 bits per heavy atom. The number of carbonyl (C=O) groups is 1. The first-order chi connectivity index (χ1) is 15.7. The van der Waals surface area contributed by atoms with E-state index >= 15 is 0 Å². The third kappa shape index (κ3) is 4.55. The van der Waals surface area contributed by atoms with Crippen LogP contribution in [0.25, 0.3) is 11.0 Å². The molecule has 4 rings (SSSR count). The summed E-state index contributed by atoms with van der Waals surface area (Å²) in [5.41, 5.74) is 2.90. The number of sulfonamides is 1. The second-order valence-electron chi connectivity index (χ2n) is 7.87. The van der Waals surface area contributed by atoms with E-state index in [0.29, 0.717) is 11.1 Å². The molecule has 0 N–H and O–H groups in total. The topological polar surface area (TPSA) is 93.9 Å². The number of halogens is 1. The van der Waals surface area contributed by atoms with E-state index in [1.165, 1.54) is 39.7 Å². The zero-order valence-corrected chi connectivity index (χ0v) is 20.0. The molecule has 7 nitrogen and oxygen atoms in total. The molecule has 1 aromatic heterocycles. The molecule has 0 bridgehead atoms. The molecule has 0 amide bonds. The van der Waals surface area contributed by atoms with E-state index in [9.17, 15) is 18.0 Å². The van der Waals surface area contributed by atoms with Gasteiger partial charge in [-0.05, 0) is 60.7 Å². The molecule has 2 aromatic carbocycles. The van der Waals surface area contributed by atoms with Crippen LogP contribution < -0.4 is 5.63 Å². The Hall–Kier alpha value is -2.68. The summed E-state index contributed by atoms with van der Waals surface area (Å²) in [5.74, 6) is -0.717. The molecule has 33 heavy (non-hydrogen) atoms. The van der Waals surface area contributed by atoms with Gasteiger partial charge in [0.1, 0.15) is 17.1 Å². The van der Waals surface area contributed by atoms with Crippen molar-refractivity contribution in [1.82, 2.24) is 4.31 Å². The number of nitrogens with zero attached hydrogens (tertiary/aromatic N) is 1. The quantitative estimate of drug-likeness (QED) is 0.362. The smallest absolute Gasteiger partial charge is 0.338 e. The molecular formula is C24H24ClNO6S. The molecule has 3 aromatic rings. The lowest BCUT2D eigenvalue weighted by molar-refractivity contribution is 0.0473. The van der Waals surface area contributed by atoms with Gasteiger partial charge < -0.3 is 9.15 Å². The highest BCUT2D eigenvalue weighted by atomic mass is 35.5. The highest BCUT2D eigenvalue weighted by Gasteiger charge is 2.26. The molecule has 1 aliphatic carbocycles. The van der Waals surface area contributed by atoms with Crippen LogP contribution in [0.15, 0.2) is 50.5 Å². The second-order valence-corrected chi connectivity index (χ2v) is 10.2. The van der Waals surface area contributed by atoms with Crippen molar-refractivity contribution in [2.75, 3.05) is 13.1 Å². The van der Waals surface area contributed by atoms with E-state index in [-0.39, 0.29) is 35.2 Å².